The molecule has 0 unspecified atom stereocenters. The maximum atomic E-state index is 5.40. The van der Waals surface area contributed by atoms with Crippen LogP contribution in [0, 0.1) is 0 Å². The van der Waals surface area contributed by atoms with Crippen LogP contribution >= 0.6 is 11.5 Å². The van der Waals surface area contributed by atoms with Gasteiger partial charge in [-0.3, -0.25) is 0 Å². The van der Waals surface area contributed by atoms with Crippen LogP contribution in [0.15, 0.2) is 4.52 Å². The van der Waals surface area contributed by atoms with Crippen molar-refractivity contribution < 1.29 is 4.52 Å². The van der Waals surface area contributed by atoms with Crippen molar-refractivity contribution in [2.24, 2.45) is 0 Å². The zero-order valence-electron chi connectivity index (χ0n) is 10.9. The SMILES string of the molecule is CCCc1nnsc1-c1nc(C2CCNCC2)no1. The molecule has 1 aliphatic rings. The minimum absolute atomic E-state index is 0.411. The van der Waals surface area contributed by atoms with E-state index in [1.165, 1.54) is 11.5 Å². The lowest BCUT2D eigenvalue weighted by atomic mass is 9.98. The smallest absolute Gasteiger partial charge is 0.271 e. The van der Waals surface area contributed by atoms with E-state index >= 15 is 0 Å². The Morgan fingerprint density at radius 3 is 3.00 bits per heavy atom. The molecule has 7 heteroatoms. The maximum absolute atomic E-state index is 5.40. The quantitative estimate of drug-likeness (QED) is 0.922. The van der Waals surface area contributed by atoms with E-state index in [-0.39, 0.29) is 0 Å². The number of hydrogen-bond acceptors (Lipinski definition) is 7. The Labute approximate surface area is 115 Å². The number of hydrogen-bond donors (Lipinski definition) is 1. The van der Waals surface area contributed by atoms with Crippen LogP contribution in [0.1, 0.15) is 43.6 Å². The Bertz CT molecular complexity index is 532. The molecule has 0 aromatic carbocycles. The second-order valence-electron chi connectivity index (χ2n) is 4.78. The van der Waals surface area contributed by atoms with Crippen LogP contribution in [0.25, 0.3) is 10.8 Å². The van der Waals surface area contributed by atoms with Crippen LogP contribution in [0.5, 0.6) is 0 Å². The lowest BCUT2D eigenvalue weighted by Crippen LogP contribution is -2.27. The fourth-order valence-electron chi connectivity index (χ4n) is 2.34. The van der Waals surface area contributed by atoms with Gasteiger partial charge in [-0.2, -0.15) is 4.98 Å². The molecule has 0 radical (unpaired) electrons. The first-order valence-electron chi connectivity index (χ1n) is 6.74. The lowest BCUT2D eigenvalue weighted by Gasteiger charge is -2.18. The number of nitrogens with one attached hydrogen (secondary N) is 1. The highest BCUT2D eigenvalue weighted by atomic mass is 32.1. The Balaban J connectivity index is 1.81. The summed E-state index contributed by atoms with van der Waals surface area (Å²) in [5.41, 5.74) is 0.966. The van der Waals surface area contributed by atoms with Gasteiger partial charge in [0, 0.05) is 5.92 Å². The van der Waals surface area contributed by atoms with E-state index < -0.39 is 0 Å². The van der Waals surface area contributed by atoms with Crippen molar-refractivity contribution in [3.63, 3.8) is 0 Å². The lowest BCUT2D eigenvalue weighted by molar-refractivity contribution is 0.392. The third kappa shape index (κ3) is 2.66. The predicted molar refractivity (Wildman–Crippen MR) is 72.0 cm³/mol. The van der Waals surface area contributed by atoms with Gasteiger partial charge in [0.25, 0.3) is 5.89 Å². The van der Waals surface area contributed by atoms with E-state index in [1.54, 1.807) is 0 Å². The van der Waals surface area contributed by atoms with E-state index in [4.69, 9.17) is 4.52 Å². The Hall–Kier alpha value is -1.34. The minimum Gasteiger partial charge on any atom is -0.333 e. The number of piperidine rings is 1. The van der Waals surface area contributed by atoms with Crippen molar-refractivity contribution in [2.45, 2.75) is 38.5 Å². The highest BCUT2D eigenvalue weighted by molar-refractivity contribution is 7.09. The zero-order valence-corrected chi connectivity index (χ0v) is 11.7. The largest absolute Gasteiger partial charge is 0.333 e. The van der Waals surface area contributed by atoms with Crippen LogP contribution in [-0.4, -0.2) is 32.8 Å². The van der Waals surface area contributed by atoms with Crippen LogP contribution < -0.4 is 5.32 Å². The second kappa shape index (κ2) is 5.75. The van der Waals surface area contributed by atoms with Gasteiger partial charge in [0.1, 0.15) is 4.88 Å². The van der Waals surface area contributed by atoms with Crippen molar-refractivity contribution in [3.8, 4) is 10.8 Å². The second-order valence-corrected chi connectivity index (χ2v) is 5.53. The first-order valence-corrected chi connectivity index (χ1v) is 7.51. The molecule has 1 saturated heterocycles. The number of aromatic nitrogens is 4. The molecule has 1 N–H and O–H groups in total. The molecule has 0 atom stereocenters. The Morgan fingerprint density at radius 1 is 1.37 bits per heavy atom. The predicted octanol–water partition coefficient (Wildman–Crippen LogP) is 2.01. The zero-order chi connectivity index (χ0) is 13.1. The summed E-state index contributed by atoms with van der Waals surface area (Å²) in [4.78, 5) is 5.47. The summed E-state index contributed by atoms with van der Waals surface area (Å²) in [6, 6.07) is 0. The molecular weight excluding hydrogens is 262 g/mol. The van der Waals surface area contributed by atoms with Gasteiger partial charge < -0.3 is 9.84 Å². The van der Waals surface area contributed by atoms with E-state index in [0.717, 1.165) is 55.2 Å². The summed E-state index contributed by atoms with van der Waals surface area (Å²) in [5.74, 6) is 1.81. The van der Waals surface area contributed by atoms with Crippen LogP contribution in [0.2, 0.25) is 0 Å². The molecule has 2 aromatic rings. The topological polar surface area (TPSA) is 76.7 Å². The van der Waals surface area contributed by atoms with Crippen molar-refractivity contribution in [2.75, 3.05) is 13.1 Å². The summed E-state index contributed by atoms with van der Waals surface area (Å²) < 4.78 is 9.39. The summed E-state index contributed by atoms with van der Waals surface area (Å²) in [6.45, 7) is 4.17. The fourth-order valence-corrected chi connectivity index (χ4v) is 2.97. The van der Waals surface area contributed by atoms with Gasteiger partial charge >= 0.3 is 0 Å². The first kappa shape index (κ1) is 12.7. The highest BCUT2D eigenvalue weighted by Crippen LogP contribution is 2.29. The molecule has 1 fully saturated rings. The molecule has 1 aliphatic heterocycles. The summed E-state index contributed by atoms with van der Waals surface area (Å²) >= 11 is 1.33. The number of aryl methyl sites for hydroxylation is 1. The van der Waals surface area contributed by atoms with Gasteiger partial charge in [0.2, 0.25) is 0 Å². The summed E-state index contributed by atoms with van der Waals surface area (Å²) in [7, 11) is 0. The van der Waals surface area contributed by atoms with Crippen molar-refractivity contribution in [1.29, 1.82) is 0 Å². The third-order valence-corrected chi connectivity index (χ3v) is 4.14. The van der Waals surface area contributed by atoms with Crippen LogP contribution in [0.4, 0.5) is 0 Å². The fraction of sp³-hybridized carbons (Fsp3) is 0.667. The normalized spacial score (nSPS) is 16.9. The monoisotopic (exact) mass is 279 g/mol. The van der Waals surface area contributed by atoms with Gasteiger partial charge in [-0.1, -0.05) is 23.0 Å². The van der Waals surface area contributed by atoms with Crippen LogP contribution in [-0.2, 0) is 6.42 Å². The standard InChI is InChI=1S/C12H17N5OS/c1-2-3-9-10(19-17-15-9)12-14-11(16-18-12)8-4-6-13-7-5-8/h8,13H,2-7H2,1H3. The Morgan fingerprint density at radius 2 is 2.21 bits per heavy atom. The van der Waals surface area contributed by atoms with Gasteiger partial charge in [-0.15, -0.1) is 5.10 Å². The molecule has 3 rings (SSSR count). The Kier molecular flexibility index (Phi) is 3.84. The molecule has 2 aromatic heterocycles. The molecule has 19 heavy (non-hydrogen) atoms. The van der Waals surface area contributed by atoms with E-state index in [0.29, 0.717) is 11.8 Å². The van der Waals surface area contributed by atoms with Gasteiger partial charge in [-0.05, 0) is 43.9 Å². The van der Waals surface area contributed by atoms with E-state index in [9.17, 15) is 0 Å². The summed E-state index contributed by atoms with van der Waals surface area (Å²) in [5, 5.41) is 11.6. The van der Waals surface area contributed by atoms with Gasteiger partial charge in [-0.25, -0.2) is 0 Å². The molecule has 102 valence electrons. The third-order valence-electron chi connectivity index (χ3n) is 3.38. The average molecular weight is 279 g/mol. The molecule has 0 saturated carbocycles. The molecule has 6 nitrogen and oxygen atoms in total. The first-order chi connectivity index (χ1) is 9.38. The van der Waals surface area contributed by atoms with Crippen molar-refractivity contribution in [1.82, 2.24) is 25.0 Å². The molecule has 3 heterocycles. The van der Waals surface area contributed by atoms with E-state index in [1.807, 2.05) is 0 Å². The van der Waals surface area contributed by atoms with Crippen molar-refractivity contribution >= 4 is 11.5 Å². The van der Waals surface area contributed by atoms with Gasteiger partial charge in [0.05, 0.1) is 5.69 Å². The van der Waals surface area contributed by atoms with E-state index in [2.05, 4.69) is 32.0 Å². The number of nitrogens with zero attached hydrogens (tertiary/aromatic N) is 4. The highest BCUT2D eigenvalue weighted by Gasteiger charge is 2.23. The van der Waals surface area contributed by atoms with Crippen LogP contribution in [0.3, 0.4) is 0 Å². The van der Waals surface area contributed by atoms with Gasteiger partial charge in [0.15, 0.2) is 5.82 Å². The molecule has 0 amide bonds. The maximum Gasteiger partial charge on any atom is 0.271 e. The average Bonchev–Trinajstić information content (AvgIpc) is 3.08. The molecule has 0 spiro atoms. The molecule has 0 aliphatic carbocycles. The van der Waals surface area contributed by atoms with Crippen molar-refractivity contribution in [3.05, 3.63) is 11.5 Å². The minimum atomic E-state index is 0.411. The molecule has 0 bridgehead atoms. The number of rotatable bonds is 4. The summed E-state index contributed by atoms with van der Waals surface area (Å²) in [6.07, 6.45) is 4.08. The molecular formula is C12H17N5OS.